The smallest absolute Gasteiger partial charge is 0.193 e. The van der Waals surface area contributed by atoms with E-state index in [1.54, 1.807) is 6.07 Å². The molecule has 0 spiro atoms. The number of halogens is 1. The Morgan fingerprint density at radius 2 is 1.90 bits per heavy atom. The summed E-state index contributed by atoms with van der Waals surface area (Å²) in [6.45, 7) is 5.75. The third-order valence-corrected chi connectivity index (χ3v) is 8.76. The Hall–Kier alpha value is -3.62. The third kappa shape index (κ3) is 6.25. The van der Waals surface area contributed by atoms with Crippen molar-refractivity contribution in [3.05, 3.63) is 99.1 Å². The highest BCUT2D eigenvalue weighted by molar-refractivity contribution is 5.81. The quantitative estimate of drug-likeness (QED) is 0.254. The Morgan fingerprint density at radius 1 is 1.05 bits per heavy atom. The Balaban J connectivity index is 1.36. The van der Waals surface area contributed by atoms with Crippen molar-refractivity contribution in [2.24, 2.45) is 5.73 Å². The van der Waals surface area contributed by atoms with E-state index in [4.69, 9.17) is 10.5 Å². The fourth-order valence-corrected chi connectivity index (χ4v) is 6.44. The van der Waals surface area contributed by atoms with E-state index in [1.807, 2.05) is 32.4 Å². The monoisotopic (exact) mass is 569 g/mol. The number of fused-ring (bicyclic) bond motifs is 1. The van der Waals surface area contributed by atoms with Gasteiger partial charge in [0.25, 0.3) is 0 Å². The molecule has 2 N–H and O–H groups in total. The summed E-state index contributed by atoms with van der Waals surface area (Å²) in [4.78, 5) is 25.4. The number of hydrogen-bond acceptors (Lipinski definition) is 6. The lowest BCUT2D eigenvalue weighted by atomic mass is 9.81. The van der Waals surface area contributed by atoms with Crippen LogP contribution in [0.5, 0.6) is 5.75 Å². The van der Waals surface area contributed by atoms with Gasteiger partial charge in [-0.05, 0) is 87.3 Å². The fraction of sp³-hybridized carbons (Fsp3) is 0.441. The first-order chi connectivity index (χ1) is 20.4. The van der Waals surface area contributed by atoms with Crippen LogP contribution in [0.25, 0.3) is 10.9 Å². The molecule has 0 radical (unpaired) electrons. The average molecular weight is 570 g/mol. The van der Waals surface area contributed by atoms with E-state index < -0.39 is 5.82 Å². The minimum atomic E-state index is -0.529. The van der Waals surface area contributed by atoms with E-state index in [9.17, 15) is 4.79 Å². The van der Waals surface area contributed by atoms with E-state index in [1.165, 1.54) is 17.2 Å². The standard InChI is InChI=1S/C34H40FN5O2/c1-22-6-7-26(18-38-22)25-4-3-5-29(15-25)39(19-24-10-12-37-23(2)14-24)20-27-21-40(28-8-9-28)32-17-33(42-13-11-36)31(35)16-30(32)34(27)41/h6-7,10,12,14,16-18,21,25,28-29H,3-5,8-9,11,13,15,19-20,36H2,1-2H3/t25?,29-/m0/s1. The molecule has 42 heavy (non-hydrogen) atoms. The molecule has 8 heteroatoms. The van der Waals surface area contributed by atoms with Crippen molar-refractivity contribution in [2.45, 2.75) is 83.5 Å². The van der Waals surface area contributed by atoms with E-state index in [-0.39, 0.29) is 17.8 Å². The molecule has 6 rings (SSSR count). The maximum Gasteiger partial charge on any atom is 0.193 e. The summed E-state index contributed by atoms with van der Waals surface area (Å²) in [7, 11) is 0. The van der Waals surface area contributed by atoms with Crippen molar-refractivity contribution in [2.75, 3.05) is 13.2 Å². The second kappa shape index (κ2) is 12.3. The van der Waals surface area contributed by atoms with Crippen LogP contribution in [0.2, 0.25) is 0 Å². The normalized spacial score (nSPS) is 19.0. The Bertz CT molecular complexity index is 1620. The molecule has 0 aliphatic heterocycles. The fourth-order valence-electron chi connectivity index (χ4n) is 6.44. The summed E-state index contributed by atoms with van der Waals surface area (Å²) in [5.41, 5.74) is 11.4. The molecule has 3 aromatic heterocycles. The second-order valence-corrected chi connectivity index (χ2v) is 12.0. The lowest BCUT2D eigenvalue weighted by molar-refractivity contribution is 0.130. The number of ether oxygens (including phenoxy) is 1. The maximum absolute atomic E-state index is 15.1. The Morgan fingerprint density at radius 3 is 2.64 bits per heavy atom. The second-order valence-electron chi connectivity index (χ2n) is 12.0. The maximum atomic E-state index is 15.1. The predicted molar refractivity (Wildman–Crippen MR) is 163 cm³/mol. The summed E-state index contributed by atoms with van der Waals surface area (Å²) in [5, 5.41) is 0.406. The number of nitrogens with zero attached hydrogens (tertiary/aromatic N) is 4. The van der Waals surface area contributed by atoms with E-state index >= 15 is 4.39 Å². The first-order valence-corrected chi connectivity index (χ1v) is 15.2. The van der Waals surface area contributed by atoms with Crippen LogP contribution in [0.3, 0.4) is 0 Å². The van der Waals surface area contributed by atoms with Gasteiger partial charge in [0.1, 0.15) is 6.61 Å². The van der Waals surface area contributed by atoms with Gasteiger partial charge in [-0.25, -0.2) is 4.39 Å². The van der Waals surface area contributed by atoms with Gasteiger partial charge in [-0.15, -0.1) is 0 Å². The zero-order valence-electron chi connectivity index (χ0n) is 24.6. The average Bonchev–Trinajstić information content (AvgIpc) is 3.83. The van der Waals surface area contributed by atoms with Crippen molar-refractivity contribution in [1.29, 1.82) is 0 Å². The SMILES string of the molecule is Cc1ccc(C2CCC[C@H](N(Cc3ccnc(C)c3)Cc3cn(C4CC4)c4cc(OCCN)c(F)cc4c3=O)C2)cn1. The first-order valence-electron chi connectivity index (χ1n) is 15.2. The van der Waals surface area contributed by atoms with Crippen LogP contribution >= 0.6 is 0 Å². The molecular formula is C34H40FN5O2. The molecule has 220 valence electrons. The van der Waals surface area contributed by atoms with E-state index in [0.717, 1.165) is 55.4 Å². The van der Waals surface area contributed by atoms with Gasteiger partial charge in [-0.3, -0.25) is 19.7 Å². The molecule has 0 saturated heterocycles. The first kappa shape index (κ1) is 28.5. The van der Waals surface area contributed by atoms with Gasteiger partial charge in [0.15, 0.2) is 17.0 Å². The molecule has 7 nitrogen and oxygen atoms in total. The topological polar surface area (TPSA) is 86.3 Å². The molecule has 2 fully saturated rings. The molecule has 2 aliphatic carbocycles. The molecule has 2 atom stereocenters. The van der Waals surface area contributed by atoms with E-state index in [2.05, 4.69) is 43.7 Å². The Kier molecular flexibility index (Phi) is 8.36. The minimum absolute atomic E-state index is 0.114. The molecular weight excluding hydrogens is 529 g/mol. The van der Waals surface area contributed by atoms with Gasteiger partial charge < -0.3 is 15.0 Å². The lowest BCUT2D eigenvalue weighted by Crippen LogP contribution is -2.39. The van der Waals surface area contributed by atoms with Crippen LogP contribution in [0.1, 0.15) is 78.6 Å². The number of aryl methyl sites for hydroxylation is 2. The van der Waals surface area contributed by atoms with Crippen LogP contribution in [0.4, 0.5) is 4.39 Å². The van der Waals surface area contributed by atoms with Crippen molar-refractivity contribution in [1.82, 2.24) is 19.4 Å². The van der Waals surface area contributed by atoms with Crippen LogP contribution < -0.4 is 15.9 Å². The number of rotatable bonds is 10. The van der Waals surface area contributed by atoms with Crippen molar-refractivity contribution in [3.63, 3.8) is 0 Å². The zero-order chi connectivity index (χ0) is 29.2. The van der Waals surface area contributed by atoms with Crippen LogP contribution in [-0.2, 0) is 13.1 Å². The number of aromatic nitrogens is 3. The molecule has 1 aromatic carbocycles. The predicted octanol–water partition coefficient (Wildman–Crippen LogP) is 5.95. The van der Waals surface area contributed by atoms with Crippen molar-refractivity contribution in [3.8, 4) is 5.75 Å². The number of pyridine rings is 3. The van der Waals surface area contributed by atoms with Crippen LogP contribution in [0.15, 0.2) is 59.8 Å². The van der Waals surface area contributed by atoms with Crippen molar-refractivity contribution < 1.29 is 9.13 Å². The van der Waals surface area contributed by atoms with Gasteiger partial charge in [0.2, 0.25) is 0 Å². The number of benzene rings is 1. The molecule has 4 aromatic rings. The molecule has 0 amide bonds. The zero-order valence-corrected chi connectivity index (χ0v) is 24.6. The molecule has 1 unspecified atom stereocenters. The third-order valence-electron chi connectivity index (χ3n) is 8.76. The van der Waals surface area contributed by atoms with Gasteiger partial charge in [-0.1, -0.05) is 12.5 Å². The minimum Gasteiger partial charge on any atom is -0.489 e. The molecule has 3 heterocycles. The van der Waals surface area contributed by atoms with Gasteiger partial charge in [0.05, 0.1) is 5.52 Å². The van der Waals surface area contributed by atoms with Gasteiger partial charge in [-0.2, -0.15) is 0 Å². The summed E-state index contributed by atoms with van der Waals surface area (Å²) >= 11 is 0. The summed E-state index contributed by atoms with van der Waals surface area (Å²) in [6, 6.07) is 12.1. The van der Waals surface area contributed by atoms with Crippen molar-refractivity contribution >= 4 is 10.9 Å². The summed E-state index contributed by atoms with van der Waals surface area (Å²) in [5.74, 6) is 0.0424. The summed E-state index contributed by atoms with van der Waals surface area (Å²) < 4.78 is 22.8. The summed E-state index contributed by atoms with van der Waals surface area (Å²) in [6.07, 6.45) is 12.3. The Labute approximate surface area is 246 Å². The highest BCUT2D eigenvalue weighted by Gasteiger charge is 2.30. The van der Waals surface area contributed by atoms with E-state index in [0.29, 0.717) is 48.6 Å². The van der Waals surface area contributed by atoms with Gasteiger partial charge >= 0.3 is 0 Å². The highest BCUT2D eigenvalue weighted by atomic mass is 19.1. The van der Waals surface area contributed by atoms with Crippen LogP contribution in [-0.4, -0.2) is 38.6 Å². The molecule has 2 aliphatic rings. The molecule has 0 bridgehead atoms. The molecule has 2 saturated carbocycles. The number of hydrogen-bond donors (Lipinski definition) is 1. The van der Waals surface area contributed by atoms with Crippen LogP contribution in [0, 0.1) is 19.7 Å². The largest absolute Gasteiger partial charge is 0.489 e. The lowest BCUT2D eigenvalue weighted by Gasteiger charge is -2.38. The number of nitrogens with two attached hydrogens (primary N) is 1. The van der Waals surface area contributed by atoms with Gasteiger partial charge in [0, 0.05) is 78.7 Å². The highest BCUT2D eigenvalue weighted by Crippen LogP contribution is 2.39.